The molecule has 0 radical (unpaired) electrons. The largest absolute Gasteiger partial charge is 0.392 e. The second-order valence-corrected chi connectivity index (χ2v) is 7.42. The smallest absolute Gasteiger partial charge is 0.227 e. The van der Waals surface area contributed by atoms with Gasteiger partial charge in [-0.2, -0.15) is 0 Å². The van der Waals surface area contributed by atoms with Crippen molar-refractivity contribution in [2.24, 2.45) is 5.41 Å². The fourth-order valence-electron chi connectivity index (χ4n) is 4.25. The molecule has 132 valence electrons. The maximum Gasteiger partial charge on any atom is 0.227 e. The Balaban J connectivity index is 1.60. The van der Waals surface area contributed by atoms with E-state index in [-0.39, 0.29) is 23.5 Å². The Bertz CT molecular complexity index is 603. The van der Waals surface area contributed by atoms with Gasteiger partial charge in [0.2, 0.25) is 5.91 Å². The van der Waals surface area contributed by atoms with Gasteiger partial charge in [0.1, 0.15) is 0 Å². The number of nitrogens with zero attached hydrogens (tertiary/aromatic N) is 1. The summed E-state index contributed by atoms with van der Waals surface area (Å²) in [5, 5.41) is 10.3. The molecule has 1 aliphatic heterocycles. The van der Waals surface area contributed by atoms with E-state index in [1.54, 1.807) is 0 Å². The van der Waals surface area contributed by atoms with Gasteiger partial charge in [-0.05, 0) is 44.7 Å². The number of hydrogen-bond acceptors (Lipinski definition) is 3. The molecule has 2 unspecified atom stereocenters. The summed E-state index contributed by atoms with van der Waals surface area (Å²) in [6.45, 7) is 8.26. The Morgan fingerprint density at radius 1 is 1.33 bits per heavy atom. The molecule has 3 rings (SSSR count). The molecule has 2 aliphatic rings. The quantitative estimate of drug-likeness (QED) is 0.923. The summed E-state index contributed by atoms with van der Waals surface area (Å²) in [7, 11) is 0. The summed E-state index contributed by atoms with van der Waals surface area (Å²) in [6.07, 6.45) is 2.79. The van der Waals surface area contributed by atoms with Crippen LogP contribution < -0.4 is 0 Å². The third-order valence-corrected chi connectivity index (χ3v) is 6.00. The van der Waals surface area contributed by atoms with E-state index < -0.39 is 0 Å². The molecule has 1 saturated carbocycles. The molecule has 0 bridgehead atoms. The molecular weight excluding hydrogens is 302 g/mol. The zero-order valence-electron chi connectivity index (χ0n) is 15.0. The molecule has 1 aromatic rings. The highest BCUT2D eigenvalue weighted by Crippen LogP contribution is 2.50. The number of aryl methyl sites for hydroxylation is 2. The van der Waals surface area contributed by atoms with Crippen molar-refractivity contribution in [3.8, 4) is 0 Å². The molecule has 1 spiro atoms. The van der Waals surface area contributed by atoms with Gasteiger partial charge in [0.15, 0.2) is 0 Å². The van der Waals surface area contributed by atoms with Crippen LogP contribution in [0.15, 0.2) is 18.2 Å². The van der Waals surface area contributed by atoms with Gasteiger partial charge in [0, 0.05) is 31.5 Å². The lowest BCUT2D eigenvalue weighted by Crippen LogP contribution is -2.62. The van der Waals surface area contributed by atoms with Gasteiger partial charge in [-0.3, -0.25) is 4.79 Å². The van der Waals surface area contributed by atoms with Gasteiger partial charge >= 0.3 is 0 Å². The molecule has 1 amide bonds. The highest BCUT2D eigenvalue weighted by atomic mass is 16.5. The number of hydrogen-bond donors (Lipinski definition) is 1. The minimum Gasteiger partial charge on any atom is -0.392 e. The van der Waals surface area contributed by atoms with Crippen LogP contribution in [0.5, 0.6) is 0 Å². The van der Waals surface area contributed by atoms with Crippen molar-refractivity contribution in [3.63, 3.8) is 0 Å². The minimum atomic E-state index is -0.273. The zero-order chi connectivity index (χ0) is 17.3. The van der Waals surface area contributed by atoms with Crippen LogP contribution >= 0.6 is 0 Å². The summed E-state index contributed by atoms with van der Waals surface area (Å²) >= 11 is 0. The SMILES string of the molecule is CCOC1CC(O)C12CCN(C(=O)Cc1cc(C)ccc1C)CC2. The maximum atomic E-state index is 12.7. The third kappa shape index (κ3) is 3.09. The first-order valence-corrected chi connectivity index (χ1v) is 9.10. The summed E-state index contributed by atoms with van der Waals surface area (Å²) in [5.41, 5.74) is 3.37. The van der Waals surface area contributed by atoms with Gasteiger partial charge in [-0.1, -0.05) is 23.8 Å². The van der Waals surface area contributed by atoms with E-state index in [0.717, 1.165) is 37.9 Å². The average Bonchev–Trinajstić information content (AvgIpc) is 2.58. The van der Waals surface area contributed by atoms with Gasteiger partial charge < -0.3 is 14.7 Å². The Kier molecular flexibility index (Phi) is 4.97. The molecular formula is C20H29NO3. The Morgan fingerprint density at radius 3 is 2.67 bits per heavy atom. The molecule has 2 fully saturated rings. The van der Waals surface area contributed by atoms with Crippen LogP contribution in [0, 0.1) is 19.3 Å². The number of likely N-dealkylation sites (tertiary alicyclic amines) is 1. The third-order valence-electron chi connectivity index (χ3n) is 6.00. The van der Waals surface area contributed by atoms with Crippen molar-refractivity contribution in [1.29, 1.82) is 0 Å². The summed E-state index contributed by atoms with van der Waals surface area (Å²) < 4.78 is 5.80. The van der Waals surface area contributed by atoms with Crippen molar-refractivity contribution in [2.45, 2.75) is 58.7 Å². The van der Waals surface area contributed by atoms with Crippen LogP contribution in [0.3, 0.4) is 0 Å². The van der Waals surface area contributed by atoms with E-state index in [0.29, 0.717) is 13.0 Å². The van der Waals surface area contributed by atoms with Crippen molar-refractivity contribution in [1.82, 2.24) is 4.90 Å². The normalized spacial score (nSPS) is 25.6. The van der Waals surface area contributed by atoms with E-state index in [1.165, 1.54) is 11.1 Å². The van der Waals surface area contributed by atoms with Crippen LogP contribution in [0.1, 0.15) is 42.9 Å². The predicted octanol–water partition coefficient (Wildman–Crippen LogP) is 2.62. The van der Waals surface area contributed by atoms with Gasteiger partial charge in [0.05, 0.1) is 18.6 Å². The number of aliphatic hydroxyl groups excluding tert-OH is 1. The van der Waals surface area contributed by atoms with E-state index in [4.69, 9.17) is 4.74 Å². The first kappa shape index (κ1) is 17.4. The lowest BCUT2D eigenvalue weighted by atomic mass is 9.58. The molecule has 2 atom stereocenters. The van der Waals surface area contributed by atoms with Crippen LogP contribution in [0.2, 0.25) is 0 Å². The molecule has 4 heteroatoms. The van der Waals surface area contributed by atoms with Gasteiger partial charge in [-0.15, -0.1) is 0 Å². The average molecular weight is 331 g/mol. The number of piperidine rings is 1. The Morgan fingerprint density at radius 2 is 2.04 bits per heavy atom. The summed E-state index contributed by atoms with van der Waals surface area (Å²) in [6, 6.07) is 6.28. The number of carbonyl (C=O) groups excluding carboxylic acids is 1. The van der Waals surface area contributed by atoms with Crippen LogP contribution in [0.4, 0.5) is 0 Å². The Hall–Kier alpha value is -1.39. The molecule has 1 heterocycles. The topological polar surface area (TPSA) is 49.8 Å². The number of ether oxygens (including phenoxy) is 1. The molecule has 4 nitrogen and oxygen atoms in total. The fraction of sp³-hybridized carbons (Fsp3) is 0.650. The molecule has 24 heavy (non-hydrogen) atoms. The van der Waals surface area contributed by atoms with Crippen LogP contribution in [-0.2, 0) is 16.0 Å². The van der Waals surface area contributed by atoms with E-state index in [1.807, 2.05) is 11.8 Å². The summed E-state index contributed by atoms with van der Waals surface area (Å²) in [4.78, 5) is 14.6. The maximum absolute atomic E-state index is 12.7. The van der Waals surface area contributed by atoms with Crippen molar-refractivity contribution < 1.29 is 14.6 Å². The van der Waals surface area contributed by atoms with Crippen molar-refractivity contribution in [3.05, 3.63) is 34.9 Å². The van der Waals surface area contributed by atoms with E-state index >= 15 is 0 Å². The lowest BCUT2D eigenvalue weighted by molar-refractivity contribution is -0.210. The first-order valence-electron chi connectivity index (χ1n) is 9.10. The molecule has 1 saturated heterocycles. The molecule has 0 aromatic heterocycles. The first-order chi connectivity index (χ1) is 11.5. The number of amides is 1. The number of rotatable bonds is 4. The monoisotopic (exact) mass is 331 g/mol. The second kappa shape index (κ2) is 6.85. The number of carbonyl (C=O) groups is 1. The predicted molar refractivity (Wildman–Crippen MR) is 93.9 cm³/mol. The fourth-order valence-corrected chi connectivity index (χ4v) is 4.25. The molecule has 1 aromatic carbocycles. The van der Waals surface area contributed by atoms with Crippen molar-refractivity contribution >= 4 is 5.91 Å². The standard InChI is InChI=1S/C20H29NO3/c1-4-24-18-13-17(22)20(18)7-9-21(10-8-20)19(23)12-16-11-14(2)5-6-15(16)3/h5-6,11,17-18,22H,4,7-10,12-13H2,1-3H3. The highest BCUT2D eigenvalue weighted by Gasteiger charge is 2.56. The molecule has 1 aliphatic carbocycles. The van der Waals surface area contributed by atoms with Crippen LogP contribution in [0.25, 0.3) is 0 Å². The molecule has 1 N–H and O–H groups in total. The van der Waals surface area contributed by atoms with Crippen LogP contribution in [-0.4, -0.2) is 47.8 Å². The van der Waals surface area contributed by atoms with Crippen molar-refractivity contribution in [2.75, 3.05) is 19.7 Å². The number of aliphatic hydroxyl groups is 1. The van der Waals surface area contributed by atoms with Gasteiger partial charge in [-0.25, -0.2) is 0 Å². The summed E-state index contributed by atoms with van der Waals surface area (Å²) in [5.74, 6) is 0.195. The Labute approximate surface area is 144 Å². The lowest BCUT2D eigenvalue weighted by Gasteiger charge is -2.56. The second-order valence-electron chi connectivity index (χ2n) is 7.42. The number of benzene rings is 1. The highest BCUT2D eigenvalue weighted by molar-refractivity contribution is 5.79. The zero-order valence-corrected chi connectivity index (χ0v) is 15.0. The minimum absolute atomic E-state index is 0.119. The van der Waals surface area contributed by atoms with E-state index in [9.17, 15) is 9.90 Å². The van der Waals surface area contributed by atoms with E-state index in [2.05, 4.69) is 32.0 Å². The van der Waals surface area contributed by atoms with Gasteiger partial charge in [0.25, 0.3) is 0 Å².